The van der Waals surface area contributed by atoms with E-state index in [-0.39, 0.29) is 5.91 Å². The van der Waals surface area contributed by atoms with Gasteiger partial charge in [0.1, 0.15) is 12.4 Å². The number of nitrogens with zero attached hydrogens (tertiary/aromatic N) is 1. The third-order valence-electron chi connectivity index (χ3n) is 3.64. The van der Waals surface area contributed by atoms with E-state index in [1.807, 2.05) is 54.6 Å². The largest absolute Gasteiger partial charge is 0.488 e. The zero-order valence-corrected chi connectivity index (χ0v) is 14.7. The SMILES string of the molecule is O=C(NN=Cc1ccccc1Cl)c1ccccc1OCc1ccccc1. The molecule has 5 heteroatoms. The lowest BCUT2D eigenvalue weighted by molar-refractivity contribution is 0.0950. The Bertz CT molecular complexity index is 911. The van der Waals surface area contributed by atoms with Crippen molar-refractivity contribution in [2.45, 2.75) is 6.61 Å². The maximum Gasteiger partial charge on any atom is 0.275 e. The Balaban J connectivity index is 1.67. The summed E-state index contributed by atoms with van der Waals surface area (Å²) >= 11 is 6.06. The molecule has 3 aromatic rings. The molecule has 0 aliphatic carbocycles. The van der Waals surface area contributed by atoms with E-state index in [2.05, 4.69) is 10.5 Å². The highest BCUT2D eigenvalue weighted by Gasteiger charge is 2.11. The third kappa shape index (κ3) is 4.71. The quantitative estimate of drug-likeness (QED) is 0.510. The molecule has 130 valence electrons. The van der Waals surface area contributed by atoms with Crippen molar-refractivity contribution >= 4 is 23.7 Å². The first kappa shape index (κ1) is 17.7. The molecule has 26 heavy (non-hydrogen) atoms. The van der Waals surface area contributed by atoms with Crippen molar-refractivity contribution in [3.05, 3.63) is 101 Å². The summed E-state index contributed by atoms with van der Waals surface area (Å²) in [7, 11) is 0. The van der Waals surface area contributed by atoms with Crippen molar-refractivity contribution in [3.8, 4) is 5.75 Å². The number of ether oxygens (including phenoxy) is 1. The van der Waals surface area contributed by atoms with Crippen LogP contribution in [0.25, 0.3) is 0 Å². The monoisotopic (exact) mass is 364 g/mol. The second-order valence-corrected chi connectivity index (χ2v) is 5.90. The van der Waals surface area contributed by atoms with Gasteiger partial charge in [-0.15, -0.1) is 0 Å². The van der Waals surface area contributed by atoms with Crippen LogP contribution in [0.1, 0.15) is 21.5 Å². The van der Waals surface area contributed by atoms with Crippen molar-refractivity contribution in [2.75, 3.05) is 0 Å². The van der Waals surface area contributed by atoms with E-state index >= 15 is 0 Å². The molecule has 0 spiro atoms. The number of nitrogens with one attached hydrogen (secondary N) is 1. The van der Waals surface area contributed by atoms with Crippen molar-refractivity contribution in [1.82, 2.24) is 5.43 Å². The second kappa shape index (κ2) is 8.83. The fourth-order valence-electron chi connectivity index (χ4n) is 2.32. The molecule has 0 atom stereocenters. The van der Waals surface area contributed by atoms with Crippen LogP contribution in [-0.2, 0) is 6.61 Å². The predicted molar refractivity (Wildman–Crippen MR) is 104 cm³/mol. The average molecular weight is 365 g/mol. The number of rotatable bonds is 6. The minimum absolute atomic E-state index is 0.350. The molecule has 0 aliphatic rings. The summed E-state index contributed by atoms with van der Waals surface area (Å²) < 4.78 is 5.79. The summed E-state index contributed by atoms with van der Waals surface area (Å²) in [5, 5.41) is 4.54. The number of hydrazone groups is 1. The Labute approximate surface area is 157 Å². The van der Waals surface area contributed by atoms with E-state index < -0.39 is 0 Å². The number of para-hydroxylation sites is 1. The van der Waals surface area contributed by atoms with Gasteiger partial charge in [-0.2, -0.15) is 5.10 Å². The number of hydrogen-bond donors (Lipinski definition) is 1. The molecular formula is C21H17ClN2O2. The van der Waals surface area contributed by atoms with Crippen molar-refractivity contribution in [2.24, 2.45) is 5.10 Å². The summed E-state index contributed by atoms with van der Waals surface area (Å²) in [4.78, 5) is 12.4. The Kier molecular flexibility index (Phi) is 6.01. The van der Waals surface area contributed by atoms with Gasteiger partial charge < -0.3 is 4.74 Å². The first-order valence-electron chi connectivity index (χ1n) is 8.08. The molecule has 1 amide bonds. The normalized spacial score (nSPS) is 10.7. The third-order valence-corrected chi connectivity index (χ3v) is 3.99. The van der Waals surface area contributed by atoms with E-state index in [4.69, 9.17) is 16.3 Å². The zero-order chi connectivity index (χ0) is 18.2. The van der Waals surface area contributed by atoms with E-state index in [1.54, 1.807) is 24.3 Å². The number of halogens is 1. The van der Waals surface area contributed by atoms with Crippen LogP contribution in [-0.4, -0.2) is 12.1 Å². The first-order valence-corrected chi connectivity index (χ1v) is 8.45. The summed E-state index contributed by atoms with van der Waals surface area (Å²) in [6.45, 7) is 0.383. The molecule has 4 nitrogen and oxygen atoms in total. The Hall–Kier alpha value is -3.11. The van der Waals surface area contributed by atoms with Crippen LogP contribution >= 0.6 is 11.6 Å². The standard InChI is InChI=1S/C21H17ClN2O2/c22-19-12-6-4-10-17(19)14-23-24-21(25)18-11-5-7-13-20(18)26-15-16-8-2-1-3-9-16/h1-14H,15H2,(H,24,25). The Morgan fingerprint density at radius 1 is 0.962 bits per heavy atom. The van der Waals surface area contributed by atoms with Gasteiger partial charge >= 0.3 is 0 Å². The Morgan fingerprint density at radius 3 is 2.46 bits per heavy atom. The van der Waals surface area contributed by atoms with Crippen LogP contribution < -0.4 is 10.2 Å². The van der Waals surface area contributed by atoms with E-state index in [9.17, 15) is 4.79 Å². The maximum atomic E-state index is 12.4. The van der Waals surface area contributed by atoms with Crippen LogP contribution in [0.5, 0.6) is 5.75 Å². The van der Waals surface area contributed by atoms with Gasteiger partial charge in [-0.3, -0.25) is 4.79 Å². The van der Waals surface area contributed by atoms with Gasteiger partial charge in [0.25, 0.3) is 5.91 Å². The number of amides is 1. The molecule has 0 fully saturated rings. The molecular weight excluding hydrogens is 348 g/mol. The lowest BCUT2D eigenvalue weighted by atomic mass is 10.2. The molecule has 3 rings (SSSR count). The fraction of sp³-hybridized carbons (Fsp3) is 0.0476. The molecule has 1 N–H and O–H groups in total. The first-order chi connectivity index (χ1) is 12.7. The zero-order valence-electron chi connectivity index (χ0n) is 13.9. The molecule has 0 bridgehead atoms. The van der Waals surface area contributed by atoms with Crippen LogP contribution in [0.15, 0.2) is 84.0 Å². The minimum atomic E-state index is -0.350. The highest BCUT2D eigenvalue weighted by atomic mass is 35.5. The van der Waals surface area contributed by atoms with Crippen molar-refractivity contribution in [3.63, 3.8) is 0 Å². The van der Waals surface area contributed by atoms with E-state index in [0.717, 1.165) is 11.1 Å². The topological polar surface area (TPSA) is 50.7 Å². The maximum absolute atomic E-state index is 12.4. The summed E-state index contributed by atoms with van der Waals surface area (Å²) in [6.07, 6.45) is 1.51. The molecule has 3 aromatic carbocycles. The number of benzene rings is 3. The summed E-state index contributed by atoms with van der Waals surface area (Å²) in [5.41, 5.74) is 4.67. The molecule has 0 heterocycles. The molecule has 0 aromatic heterocycles. The Morgan fingerprint density at radius 2 is 1.65 bits per heavy atom. The number of carbonyl (C=O) groups excluding carboxylic acids is 1. The summed E-state index contributed by atoms with van der Waals surface area (Å²) in [5.74, 6) is 0.152. The van der Waals surface area contributed by atoms with Crippen molar-refractivity contribution in [1.29, 1.82) is 0 Å². The average Bonchev–Trinajstić information content (AvgIpc) is 2.69. The van der Waals surface area contributed by atoms with Gasteiger partial charge in [0, 0.05) is 10.6 Å². The van der Waals surface area contributed by atoms with Crippen LogP contribution in [0.2, 0.25) is 5.02 Å². The molecule has 0 unspecified atom stereocenters. The van der Waals surface area contributed by atoms with Gasteiger partial charge in [0.2, 0.25) is 0 Å². The van der Waals surface area contributed by atoms with Crippen molar-refractivity contribution < 1.29 is 9.53 Å². The van der Waals surface area contributed by atoms with Gasteiger partial charge in [-0.05, 0) is 23.8 Å². The fourth-order valence-corrected chi connectivity index (χ4v) is 2.50. The van der Waals surface area contributed by atoms with Gasteiger partial charge in [-0.1, -0.05) is 72.3 Å². The molecule has 0 saturated heterocycles. The van der Waals surface area contributed by atoms with Gasteiger partial charge in [0.15, 0.2) is 0 Å². The number of hydrogen-bond acceptors (Lipinski definition) is 3. The molecule has 0 radical (unpaired) electrons. The van der Waals surface area contributed by atoms with E-state index in [0.29, 0.717) is 22.9 Å². The lowest BCUT2D eigenvalue weighted by Gasteiger charge is -2.10. The smallest absolute Gasteiger partial charge is 0.275 e. The lowest BCUT2D eigenvalue weighted by Crippen LogP contribution is -2.18. The van der Waals surface area contributed by atoms with Gasteiger partial charge in [-0.25, -0.2) is 5.43 Å². The minimum Gasteiger partial charge on any atom is -0.488 e. The highest BCUT2D eigenvalue weighted by molar-refractivity contribution is 6.33. The van der Waals surface area contributed by atoms with E-state index in [1.165, 1.54) is 6.21 Å². The second-order valence-electron chi connectivity index (χ2n) is 5.49. The van der Waals surface area contributed by atoms with Gasteiger partial charge in [0.05, 0.1) is 11.8 Å². The highest BCUT2D eigenvalue weighted by Crippen LogP contribution is 2.19. The van der Waals surface area contributed by atoms with Crippen LogP contribution in [0.4, 0.5) is 0 Å². The predicted octanol–water partition coefficient (Wildman–Crippen LogP) is 4.68. The van der Waals surface area contributed by atoms with Crippen LogP contribution in [0, 0.1) is 0 Å². The molecule has 0 saturated carbocycles. The van der Waals surface area contributed by atoms with Crippen LogP contribution in [0.3, 0.4) is 0 Å². The molecule has 0 aliphatic heterocycles. The number of carbonyl (C=O) groups is 1. The summed E-state index contributed by atoms with van der Waals surface area (Å²) in [6, 6.07) is 24.1.